The molecule has 4 rings (SSSR count). The summed E-state index contributed by atoms with van der Waals surface area (Å²) in [4.78, 5) is 0. The van der Waals surface area contributed by atoms with Gasteiger partial charge in [-0.25, -0.2) is 0 Å². The fourth-order valence-corrected chi connectivity index (χ4v) is 4.63. The lowest BCUT2D eigenvalue weighted by Crippen LogP contribution is -2.18. The molecule has 0 aromatic heterocycles. The molecule has 0 amide bonds. The van der Waals surface area contributed by atoms with Gasteiger partial charge in [0, 0.05) is 0 Å². The molecule has 2 heteroatoms. The van der Waals surface area contributed by atoms with Crippen LogP contribution in [0.5, 0.6) is 0 Å². The van der Waals surface area contributed by atoms with Gasteiger partial charge in [-0.15, -0.1) is 0 Å². The standard InChI is InChI=1S/C17H24O2/c1-3-14-5-12(1)7-16(14)9-18-11-19-10-17-8-13-2-4-15(17)6-13/h1-4,12-17H,5-11H2/t12-,13?,14?,15?,16?,17?/m1/s1. The number of hydrogen-bond donors (Lipinski definition) is 0. The second kappa shape index (κ2) is 5.06. The molecule has 0 aromatic rings. The maximum atomic E-state index is 5.74. The Morgan fingerprint density at radius 2 is 1.21 bits per heavy atom. The van der Waals surface area contributed by atoms with Crippen LogP contribution < -0.4 is 0 Å². The lowest BCUT2D eigenvalue weighted by Gasteiger charge is -2.20. The summed E-state index contributed by atoms with van der Waals surface area (Å²) in [5, 5.41) is 0. The summed E-state index contributed by atoms with van der Waals surface area (Å²) in [5.74, 6) is 4.79. The van der Waals surface area contributed by atoms with Gasteiger partial charge in [0.15, 0.2) is 0 Å². The van der Waals surface area contributed by atoms with Gasteiger partial charge in [0.25, 0.3) is 0 Å². The van der Waals surface area contributed by atoms with E-state index in [1.807, 2.05) is 0 Å². The van der Waals surface area contributed by atoms with Gasteiger partial charge in [-0.2, -0.15) is 0 Å². The van der Waals surface area contributed by atoms with Crippen LogP contribution in [0.3, 0.4) is 0 Å². The summed E-state index contributed by atoms with van der Waals surface area (Å²) in [6.07, 6.45) is 15.0. The van der Waals surface area contributed by atoms with Crippen LogP contribution in [0, 0.1) is 35.5 Å². The van der Waals surface area contributed by atoms with E-state index in [0.29, 0.717) is 6.79 Å². The van der Waals surface area contributed by atoms with Crippen molar-refractivity contribution in [2.75, 3.05) is 20.0 Å². The Balaban J connectivity index is 1.11. The van der Waals surface area contributed by atoms with Crippen LogP contribution in [0.4, 0.5) is 0 Å². The molecule has 2 saturated carbocycles. The number of allylic oxidation sites excluding steroid dienone is 4. The van der Waals surface area contributed by atoms with Crippen molar-refractivity contribution in [3.05, 3.63) is 24.3 Å². The van der Waals surface area contributed by atoms with E-state index in [9.17, 15) is 0 Å². The van der Waals surface area contributed by atoms with Crippen molar-refractivity contribution >= 4 is 0 Å². The Labute approximate surface area is 115 Å². The smallest absolute Gasteiger partial charge is 0.146 e. The van der Waals surface area contributed by atoms with E-state index in [1.54, 1.807) is 0 Å². The van der Waals surface area contributed by atoms with E-state index in [-0.39, 0.29) is 0 Å². The topological polar surface area (TPSA) is 18.5 Å². The summed E-state index contributed by atoms with van der Waals surface area (Å²) < 4.78 is 11.5. The Kier molecular flexibility index (Phi) is 3.24. The number of ether oxygens (including phenoxy) is 2. The van der Waals surface area contributed by atoms with E-state index < -0.39 is 0 Å². The fourth-order valence-electron chi connectivity index (χ4n) is 4.63. The average Bonchev–Trinajstić information content (AvgIpc) is 3.18. The molecule has 0 saturated heterocycles. The highest BCUT2D eigenvalue weighted by molar-refractivity contribution is 5.10. The summed E-state index contributed by atoms with van der Waals surface area (Å²) in [7, 11) is 0. The minimum atomic E-state index is 0.495. The summed E-state index contributed by atoms with van der Waals surface area (Å²) in [5.41, 5.74) is 0. The second-order valence-electron chi connectivity index (χ2n) is 6.94. The van der Waals surface area contributed by atoms with E-state index >= 15 is 0 Å². The lowest BCUT2D eigenvalue weighted by molar-refractivity contribution is -0.0779. The normalized spacial score (nSPS) is 45.7. The minimum absolute atomic E-state index is 0.495. The highest BCUT2D eigenvalue weighted by atomic mass is 16.7. The first kappa shape index (κ1) is 12.2. The van der Waals surface area contributed by atoms with Crippen molar-refractivity contribution < 1.29 is 9.47 Å². The van der Waals surface area contributed by atoms with Crippen molar-refractivity contribution in [1.82, 2.24) is 0 Å². The largest absolute Gasteiger partial charge is 0.355 e. The molecule has 0 heterocycles. The maximum Gasteiger partial charge on any atom is 0.146 e. The van der Waals surface area contributed by atoms with Crippen LogP contribution in [0.1, 0.15) is 25.7 Å². The Hall–Kier alpha value is -0.600. The molecule has 4 aliphatic carbocycles. The Morgan fingerprint density at radius 1 is 0.684 bits per heavy atom. The van der Waals surface area contributed by atoms with Gasteiger partial charge in [-0.1, -0.05) is 24.3 Å². The molecular weight excluding hydrogens is 236 g/mol. The molecule has 19 heavy (non-hydrogen) atoms. The first-order chi connectivity index (χ1) is 9.38. The molecule has 4 bridgehead atoms. The van der Waals surface area contributed by atoms with E-state index in [4.69, 9.17) is 9.47 Å². The van der Waals surface area contributed by atoms with Crippen LogP contribution in [-0.2, 0) is 9.47 Å². The van der Waals surface area contributed by atoms with Crippen molar-refractivity contribution in [3.8, 4) is 0 Å². The molecule has 0 radical (unpaired) electrons. The Morgan fingerprint density at radius 3 is 1.58 bits per heavy atom. The monoisotopic (exact) mass is 260 g/mol. The van der Waals surface area contributed by atoms with Gasteiger partial charge in [0.05, 0.1) is 13.2 Å². The molecule has 0 spiro atoms. The van der Waals surface area contributed by atoms with Crippen molar-refractivity contribution in [3.63, 3.8) is 0 Å². The zero-order chi connectivity index (χ0) is 12.7. The Bertz CT molecular complexity index is 351. The molecule has 4 aliphatic rings. The quantitative estimate of drug-likeness (QED) is 0.414. The molecule has 0 aromatic carbocycles. The fraction of sp³-hybridized carbons (Fsp3) is 0.765. The van der Waals surface area contributed by atoms with Crippen LogP contribution >= 0.6 is 0 Å². The van der Waals surface area contributed by atoms with E-state index in [2.05, 4.69) is 24.3 Å². The van der Waals surface area contributed by atoms with E-state index in [0.717, 1.165) is 48.7 Å². The van der Waals surface area contributed by atoms with E-state index in [1.165, 1.54) is 25.7 Å². The molecule has 6 atom stereocenters. The second-order valence-corrected chi connectivity index (χ2v) is 6.94. The highest BCUT2D eigenvalue weighted by Crippen LogP contribution is 2.44. The number of rotatable bonds is 6. The third-order valence-corrected chi connectivity index (χ3v) is 5.66. The van der Waals surface area contributed by atoms with Crippen LogP contribution in [0.25, 0.3) is 0 Å². The molecule has 2 nitrogen and oxygen atoms in total. The summed E-state index contributed by atoms with van der Waals surface area (Å²) in [6, 6.07) is 0. The van der Waals surface area contributed by atoms with Gasteiger partial charge in [0.2, 0.25) is 0 Å². The predicted molar refractivity (Wildman–Crippen MR) is 74.5 cm³/mol. The average molecular weight is 260 g/mol. The van der Waals surface area contributed by atoms with Crippen molar-refractivity contribution in [2.24, 2.45) is 35.5 Å². The van der Waals surface area contributed by atoms with Gasteiger partial charge >= 0.3 is 0 Å². The number of fused-ring (bicyclic) bond motifs is 4. The minimum Gasteiger partial charge on any atom is -0.355 e. The zero-order valence-electron chi connectivity index (χ0n) is 11.5. The van der Waals surface area contributed by atoms with Crippen molar-refractivity contribution in [2.45, 2.75) is 25.7 Å². The third-order valence-electron chi connectivity index (χ3n) is 5.66. The number of hydrogen-bond acceptors (Lipinski definition) is 2. The molecule has 5 unspecified atom stereocenters. The third kappa shape index (κ3) is 2.41. The predicted octanol–water partition coefficient (Wildman–Crippen LogP) is 3.40. The summed E-state index contributed by atoms with van der Waals surface area (Å²) in [6.45, 7) is 2.28. The molecule has 0 aliphatic heterocycles. The first-order valence-electron chi connectivity index (χ1n) is 7.90. The SMILES string of the molecule is C1=CC2CC1CC2COCOCC1C[C@@H]2C=CC1C2. The molecule has 104 valence electrons. The highest BCUT2D eigenvalue weighted by Gasteiger charge is 2.36. The van der Waals surface area contributed by atoms with Gasteiger partial charge < -0.3 is 9.47 Å². The van der Waals surface area contributed by atoms with Gasteiger partial charge in [-0.05, 0) is 61.2 Å². The first-order valence-corrected chi connectivity index (χ1v) is 7.90. The molecular formula is C17H24O2. The molecule has 2 fully saturated rings. The molecule has 0 N–H and O–H groups in total. The maximum absolute atomic E-state index is 5.74. The van der Waals surface area contributed by atoms with Gasteiger partial charge in [0.1, 0.15) is 6.79 Å². The van der Waals surface area contributed by atoms with Crippen LogP contribution in [0.15, 0.2) is 24.3 Å². The lowest BCUT2D eigenvalue weighted by atomic mass is 9.94. The van der Waals surface area contributed by atoms with Crippen LogP contribution in [-0.4, -0.2) is 20.0 Å². The zero-order valence-corrected chi connectivity index (χ0v) is 11.5. The van der Waals surface area contributed by atoms with Crippen LogP contribution in [0.2, 0.25) is 0 Å². The van der Waals surface area contributed by atoms with Gasteiger partial charge in [-0.3, -0.25) is 0 Å². The van der Waals surface area contributed by atoms with Crippen molar-refractivity contribution in [1.29, 1.82) is 0 Å². The summed E-state index contributed by atoms with van der Waals surface area (Å²) >= 11 is 0.